The number of carbonyl (C=O) groups excluding carboxylic acids is 1. The molecule has 1 aromatic rings. The zero-order chi connectivity index (χ0) is 15.2. The zero-order valence-corrected chi connectivity index (χ0v) is 12.5. The predicted octanol–water partition coefficient (Wildman–Crippen LogP) is 0.778. The number of nitrogens with zero attached hydrogens (tertiary/aromatic N) is 1. The average Bonchev–Trinajstić information content (AvgIpc) is 2.46. The number of benzene rings is 1. The van der Waals surface area contributed by atoms with Crippen LogP contribution in [-0.4, -0.2) is 49.3 Å². The van der Waals surface area contributed by atoms with Crippen LogP contribution in [0.15, 0.2) is 24.3 Å². The van der Waals surface area contributed by atoms with Gasteiger partial charge >= 0.3 is 0 Å². The summed E-state index contributed by atoms with van der Waals surface area (Å²) in [6, 6.07) is 7.08. The molecule has 3 N–H and O–H groups in total. The van der Waals surface area contributed by atoms with E-state index in [9.17, 15) is 4.79 Å². The second-order valence-corrected chi connectivity index (χ2v) is 5.33. The van der Waals surface area contributed by atoms with Crippen molar-refractivity contribution in [1.29, 1.82) is 0 Å². The fourth-order valence-corrected chi connectivity index (χ4v) is 2.61. The Balaban J connectivity index is 1.87. The van der Waals surface area contributed by atoms with Crippen molar-refractivity contribution < 1.29 is 14.3 Å². The molecule has 116 valence electrons. The van der Waals surface area contributed by atoms with Crippen LogP contribution < -0.4 is 16.0 Å². The van der Waals surface area contributed by atoms with Gasteiger partial charge in [0.25, 0.3) is 5.91 Å². The van der Waals surface area contributed by atoms with E-state index in [4.69, 9.17) is 15.3 Å². The van der Waals surface area contributed by atoms with Crippen molar-refractivity contribution in [2.45, 2.75) is 26.1 Å². The highest BCUT2D eigenvalue weighted by molar-refractivity contribution is 5.96. The molecule has 2 rings (SSSR count). The van der Waals surface area contributed by atoms with Gasteiger partial charge in [0, 0.05) is 19.6 Å². The number of nitrogens with one attached hydrogen (secondary N) is 1. The maximum Gasteiger partial charge on any atom is 0.268 e. The topological polar surface area (TPSA) is 76.8 Å². The fourth-order valence-electron chi connectivity index (χ4n) is 2.61. The number of nitrogens with two attached hydrogens (primary N) is 1. The van der Waals surface area contributed by atoms with Gasteiger partial charge in [0.15, 0.2) is 0 Å². The van der Waals surface area contributed by atoms with Gasteiger partial charge in [-0.25, -0.2) is 5.84 Å². The van der Waals surface area contributed by atoms with E-state index in [1.165, 1.54) is 0 Å². The van der Waals surface area contributed by atoms with Crippen LogP contribution in [0, 0.1) is 0 Å². The molecule has 0 radical (unpaired) electrons. The smallest absolute Gasteiger partial charge is 0.268 e. The van der Waals surface area contributed by atoms with Gasteiger partial charge < -0.3 is 9.47 Å². The standard InChI is InChI=1S/C15H23N3O3/c1-11-9-18(10-12(2)21-11)7-8-20-14-6-4-3-5-13(14)15(19)17-16/h3-6,11-12H,7-10,16H2,1-2H3,(H,17,19)/t11-,12+. The zero-order valence-electron chi connectivity index (χ0n) is 12.5. The summed E-state index contributed by atoms with van der Waals surface area (Å²) in [5.41, 5.74) is 2.58. The highest BCUT2D eigenvalue weighted by atomic mass is 16.5. The molecule has 1 aliphatic rings. The van der Waals surface area contributed by atoms with Crippen LogP contribution in [0.4, 0.5) is 0 Å². The largest absolute Gasteiger partial charge is 0.491 e. The van der Waals surface area contributed by atoms with Gasteiger partial charge in [0.1, 0.15) is 12.4 Å². The Hall–Kier alpha value is -1.63. The van der Waals surface area contributed by atoms with Crippen LogP contribution in [0.3, 0.4) is 0 Å². The molecule has 21 heavy (non-hydrogen) atoms. The molecule has 0 bridgehead atoms. The van der Waals surface area contributed by atoms with E-state index in [1.807, 2.05) is 6.07 Å². The third-order valence-electron chi connectivity index (χ3n) is 3.42. The molecule has 1 heterocycles. The van der Waals surface area contributed by atoms with E-state index >= 15 is 0 Å². The lowest BCUT2D eigenvalue weighted by Gasteiger charge is -2.35. The van der Waals surface area contributed by atoms with Gasteiger partial charge in [0.2, 0.25) is 0 Å². The minimum Gasteiger partial charge on any atom is -0.491 e. The lowest BCUT2D eigenvalue weighted by Crippen LogP contribution is -2.46. The van der Waals surface area contributed by atoms with Crippen molar-refractivity contribution in [2.75, 3.05) is 26.2 Å². The van der Waals surface area contributed by atoms with Crippen LogP contribution in [0.1, 0.15) is 24.2 Å². The number of rotatable bonds is 5. The quantitative estimate of drug-likeness (QED) is 0.476. The number of para-hydroxylation sites is 1. The minimum atomic E-state index is -0.348. The fraction of sp³-hybridized carbons (Fsp3) is 0.533. The van der Waals surface area contributed by atoms with Crippen LogP contribution in [0.25, 0.3) is 0 Å². The number of nitrogen functional groups attached to an aromatic ring is 1. The van der Waals surface area contributed by atoms with Gasteiger partial charge in [0.05, 0.1) is 17.8 Å². The monoisotopic (exact) mass is 293 g/mol. The molecule has 0 aliphatic carbocycles. The molecule has 1 fully saturated rings. The molecule has 1 aromatic carbocycles. The highest BCUT2D eigenvalue weighted by Crippen LogP contribution is 2.18. The van der Waals surface area contributed by atoms with Gasteiger partial charge in [-0.15, -0.1) is 0 Å². The van der Waals surface area contributed by atoms with Crippen molar-refractivity contribution in [3.8, 4) is 5.75 Å². The highest BCUT2D eigenvalue weighted by Gasteiger charge is 2.21. The molecular formula is C15H23N3O3. The third kappa shape index (κ3) is 4.42. The first-order valence-electron chi connectivity index (χ1n) is 7.20. The van der Waals surface area contributed by atoms with Gasteiger partial charge in [-0.2, -0.15) is 0 Å². The average molecular weight is 293 g/mol. The van der Waals surface area contributed by atoms with Crippen molar-refractivity contribution >= 4 is 5.91 Å². The Morgan fingerprint density at radius 1 is 1.38 bits per heavy atom. The van der Waals surface area contributed by atoms with E-state index in [0.29, 0.717) is 17.9 Å². The van der Waals surface area contributed by atoms with E-state index in [2.05, 4.69) is 24.2 Å². The summed E-state index contributed by atoms with van der Waals surface area (Å²) >= 11 is 0. The molecule has 0 spiro atoms. The second kappa shape index (κ2) is 7.40. The number of carbonyl (C=O) groups is 1. The second-order valence-electron chi connectivity index (χ2n) is 5.33. The Morgan fingerprint density at radius 3 is 2.71 bits per heavy atom. The number of amides is 1. The molecule has 0 aromatic heterocycles. The van der Waals surface area contributed by atoms with Crippen LogP contribution in [-0.2, 0) is 4.74 Å². The van der Waals surface area contributed by atoms with Gasteiger partial charge in [-0.3, -0.25) is 15.1 Å². The van der Waals surface area contributed by atoms with Gasteiger partial charge in [-0.05, 0) is 26.0 Å². The van der Waals surface area contributed by atoms with E-state index in [0.717, 1.165) is 19.6 Å². The summed E-state index contributed by atoms with van der Waals surface area (Å²) in [5.74, 6) is 5.37. The first kappa shape index (κ1) is 15.8. The molecule has 1 aliphatic heterocycles. The molecular weight excluding hydrogens is 270 g/mol. The molecule has 2 atom stereocenters. The lowest BCUT2D eigenvalue weighted by atomic mass is 10.2. The summed E-state index contributed by atoms with van der Waals surface area (Å²) in [7, 11) is 0. The molecule has 0 unspecified atom stereocenters. The Bertz CT molecular complexity index is 471. The summed E-state index contributed by atoms with van der Waals surface area (Å²) in [6.45, 7) is 7.27. The van der Waals surface area contributed by atoms with Crippen molar-refractivity contribution in [2.24, 2.45) is 5.84 Å². The van der Waals surface area contributed by atoms with Crippen LogP contribution >= 0.6 is 0 Å². The summed E-state index contributed by atoms with van der Waals surface area (Å²) < 4.78 is 11.4. The normalized spacial score (nSPS) is 22.8. The number of hydrazine groups is 1. The Labute approximate surface area is 125 Å². The van der Waals surface area contributed by atoms with E-state index in [-0.39, 0.29) is 18.1 Å². The number of morpholine rings is 1. The Morgan fingerprint density at radius 2 is 2.05 bits per heavy atom. The first-order valence-corrected chi connectivity index (χ1v) is 7.20. The summed E-state index contributed by atoms with van der Waals surface area (Å²) in [4.78, 5) is 14.0. The van der Waals surface area contributed by atoms with Crippen molar-refractivity contribution in [1.82, 2.24) is 10.3 Å². The SMILES string of the molecule is C[C@@H]1CN(CCOc2ccccc2C(=O)NN)C[C@H](C)O1. The van der Waals surface area contributed by atoms with Gasteiger partial charge in [-0.1, -0.05) is 12.1 Å². The van der Waals surface area contributed by atoms with Crippen LogP contribution in [0.2, 0.25) is 0 Å². The molecule has 6 nitrogen and oxygen atoms in total. The van der Waals surface area contributed by atoms with Crippen molar-refractivity contribution in [3.05, 3.63) is 29.8 Å². The maximum absolute atomic E-state index is 11.6. The minimum absolute atomic E-state index is 0.240. The molecule has 6 heteroatoms. The van der Waals surface area contributed by atoms with E-state index < -0.39 is 0 Å². The lowest BCUT2D eigenvalue weighted by molar-refractivity contribution is -0.0699. The molecule has 0 saturated carbocycles. The van der Waals surface area contributed by atoms with Crippen molar-refractivity contribution in [3.63, 3.8) is 0 Å². The maximum atomic E-state index is 11.6. The Kier molecular flexibility index (Phi) is 5.55. The predicted molar refractivity (Wildman–Crippen MR) is 80.0 cm³/mol. The molecule has 1 amide bonds. The molecule has 1 saturated heterocycles. The summed E-state index contributed by atoms with van der Waals surface area (Å²) in [6.07, 6.45) is 0.480. The van der Waals surface area contributed by atoms with E-state index in [1.54, 1.807) is 18.2 Å². The number of ether oxygens (including phenoxy) is 2. The number of hydrogen-bond acceptors (Lipinski definition) is 5. The summed E-state index contributed by atoms with van der Waals surface area (Å²) in [5, 5.41) is 0. The van der Waals surface area contributed by atoms with Crippen LogP contribution in [0.5, 0.6) is 5.75 Å². The number of hydrogen-bond donors (Lipinski definition) is 2. The third-order valence-corrected chi connectivity index (χ3v) is 3.42. The first-order chi connectivity index (χ1) is 10.1.